The monoisotopic (exact) mass is 423 g/mol. The van der Waals surface area contributed by atoms with Crippen LogP contribution < -0.4 is 10.9 Å². The lowest BCUT2D eigenvalue weighted by molar-refractivity contribution is -0.116. The number of carbonyl (C=O) groups is 1. The van der Waals surface area contributed by atoms with E-state index in [4.69, 9.17) is 0 Å². The van der Waals surface area contributed by atoms with Crippen molar-refractivity contribution in [2.45, 2.75) is 65.8 Å². The van der Waals surface area contributed by atoms with Crippen LogP contribution >= 0.6 is 11.3 Å². The average molecular weight is 424 g/mol. The fourth-order valence-corrected chi connectivity index (χ4v) is 5.53. The Morgan fingerprint density at radius 1 is 1.27 bits per heavy atom. The number of anilines is 1. The Hall–Kier alpha value is -2.47. The first-order chi connectivity index (χ1) is 14.1. The van der Waals surface area contributed by atoms with Crippen molar-refractivity contribution >= 4 is 33.1 Å². The smallest absolute Gasteiger partial charge is 0.263 e. The van der Waals surface area contributed by atoms with Gasteiger partial charge in [0.1, 0.15) is 17.2 Å². The number of thiophene rings is 1. The molecule has 6 heteroatoms. The van der Waals surface area contributed by atoms with E-state index in [1.807, 2.05) is 24.3 Å². The molecule has 4 rings (SSSR count). The summed E-state index contributed by atoms with van der Waals surface area (Å²) in [6, 6.07) is 7.87. The zero-order chi connectivity index (χ0) is 21.6. The zero-order valence-electron chi connectivity index (χ0n) is 18.3. The largest absolute Gasteiger partial charge is 0.325 e. The van der Waals surface area contributed by atoms with Crippen LogP contribution in [0.1, 0.15) is 55.9 Å². The fraction of sp³-hybridized carbons (Fsp3) is 0.458. The van der Waals surface area contributed by atoms with Crippen LogP contribution in [-0.2, 0) is 29.6 Å². The number of rotatable bonds is 3. The lowest BCUT2D eigenvalue weighted by Crippen LogP contribution is -2.30. The Morgan fingerprint density at radius 2 is 1.97 bits per heavy atom. The van der Waals surface area contributed by atoms with Crippen LogP contribution in [0.2, 0.25) is 0 Å². The van der Waals surface area contributed by atoms with Crippen LogP contribution in [-0.4, -0.2) is 15.5 Å². The van der Waals surface area contributed by atoms with Crippen molar-refractivity contribution < 1.29 is 4.79 Å². The zero-order valence-corrected chi connectivity index (χ0v) is 19.2. The Labute approximate surface area is 181 Å². The highest BCUT2D eigenvalue weighted by Crippen LogP contribution is 2.35. The van der Waals surface area contributed by atoms with Crippen molar-refractivity contribution in [3.63, 3.8) is 0 Å². The number of amides is 1. The van der Waals surface area contributed by atoms with Crippen molar-refractivity contribution in [2.24, 2.45) is 5.92 Å². The van der Waals surface area contributed by atoms with Crippen LogP contribution in [0.25, 0.3) is 10.2 Å². The van der Waals surface area contributed by atoms with Crippen LogP contribution in [0.15, 0.2) is 29.1 Å². The predicted octanol–water partition coefficient (Wildman–Crippen LogP) is 4.83. The van der Waals surface area contributed by atoms with E-state index in [0.29, 0.717) is 11.7 Å². The second kappa shape index (κ2) is 7.65. The summed E-state index contributed by atoms with van der Waals surface area (Å²) in [5, 5.41) is 3.63. The van der Waals surface area contributed by atoms with Crippen molar-refractivity contribution in [3.8, 4) is 0 Å². The quantitative estimate of drug-likeness (QED) is 0.656. The first-order valence-corrected chi connectivity index (χ1v) is 11.4. The molecule has 1 N–H and O–H groups in total. The molecule has 1 atom stereocenters. The molecule has 3 aromatic rings. The maximum atomic E-state index is 13.3. The van der Waals surface area contributed by atoms with Crippen molar-refractivity contribution in [2.75, 3.05) is 5.32 Å². The Morgan fingerprint density at radius 3 is 2.63 bits per heavy atom. The minimum absolute atomic E-state index is 0.0321. The van der Waals surface area contributed by atoms with Crippen molar-refractivity contribution in [3.05, 3.63) is 56.4 Å². The van der Waals surface area contributed by atoms with Crippen LogP contribution in [0.4, 0.5) is 5.69 Å². The van der Waals surface area contributed by atoms with Gasteiger partial charge in [-0.05, 0) is 60.8 Å². The summed E-state index contributed by atoms with van der Waals surface area (Å²) >= 11 is 1.64. The summed E-state index contributed by atoms with van der Waals surface area (Å²) in [7, 11) is 0. The highest BCUT2D eigenvalue weighted by atomic mass is 32.1. The van der Waals surface area contributed by atoms with Gasteiger partial charge in [0, 0.05) is 10.6 Å². The summed E-state index contributed by atoms with van der Waals surface area (Å²) in [5.41, 5.74) is 3.06. The molecule has 0 bridgehead atoms. The van der Waals surface area contributed by atoms with Gasteiger partial charge in [0.05, 0.1) is 5.39 Å². The standard InChI is InChI=1S/C24H29N3O2S/c1-14-6-11-18-19(12-14)30-22-21(18)23(29)27(15(2)25-22)13-20(28)26-17-9-7-16(8-10-17)24(3,4)5/h7-10,14H,6,11-13H2,1-5H3,(H,26,28). The number of benzene rings is 1. The summed E-state index contributed by atoms with van der Waals surface area (Å²) in [6.07, 6.45) is 3.03. The molecule has 0 saturated heterocycles. The highest BCUT2D eigenvalue weighted by molar-refractivity contribution is 7.18. The van der Waals surface area contributed by atoms with E-state index in [9.17, 15) is 9.59 Å². The van der Waals surface area contributed by atoms with Gasteiger partial charge in [0.2, 0.25) is 5.91 Å². The van der Waals surface area contributed by atoms with Gasteiger partial charge in [0.15, 0.2) is 0 Å². The van der Waals surface area contributed by atoms with E-state index in [1.165, 1.54) is 15.0 Å². The molecule has 158 valence electrons. The number of carbonyl (C=O) groups excluding carboxylic acids is 1. The van der Waals surface area contributed by atoms with Crippen LogP contribution in [0, 0.1) is 12.8 Å². The number of aromatic nitrogens is 2. The summed E-state index contributed by atoms with van der Waals surface area (Å²) in [5.74, 6) is 1.00. The number of fused-ring (bicyclic) bond motifs is 3. The number of aryl methyl sites for hydroxylation is 2. The highest BCUT2D eigenvalue weighted by Gasteiger charge is 2.24. The van der Waals surface area contributed by atoms with E-state index < -0.39 is 0 Å². The summed E-state index contributed by atoms with van der Waals surface area (Å²) < 4.78 is 1.51. The van der Waals surface area contributed by atoms with E-state index in [0.717, 1.165) is 40.7 Å². The van der Waals surface area contributed by atoms with Crippen LogP contribution in [0.5, 0.6) is 0 Å². The Kier molecular flexibility index (Phi) is 5.30. The topological polar surface area (TPSA) is 64.0 Å². The molecule has 0 fully saturated rings. The van der Waals surface area contributed by atoms with Crippen LogP contribution in [0.3, 0.4) is 0 Å². The number of hydrogen-bond acceptors (Lipinski definition) is 4. The van der Waals surface area contributed by atoms with Gasteiger partial charge in [-0.15, -0.1) is 11.3 Å². The molecule has 1 unspecified atom stereocenters. The Bertz CT molecular complexity index is 1170. The van der Waals surface area contributed by atoms with E-state index in [1.54, 1.807) is 18.3 Å². The van der Waals surface area contributed by atoms with Gasteiger partial charge in [-0.1, -0.05) is 39.8 Å². The van der Waals surface area contributed by atoms with Gasteiger partial charge in [-0.3, -0.25) is 14.2 Å². The van der Waals surface area contributed by atoms with Crippen molar-refractivity contribution in [1.29, 1.82) is 0 Å². The first kappa shape index (κ1) is 20.8. The first-order valence-electron chi connectivity index (χ1n) is 10.6. The van der Waals surface area contributed by atoms with E-state index in [2.05, 4.69) is 38.0 Å². The molecular formula is C24H29N3O2S. The molecule has 5 nitrogen and oxygen atoms in total. The second-order valence-electron chi connectivity index (χ2n) is 9.46. The summed E-state index contributed by atoms with van der Waals surface area (Å²) in [4.78, 5) is 32.7. The molecule has 0 radical (unpaired) electrons. The van der Waals surface area contributed by atoms with E-state index in [-0.39, 0.29) is 23.4 Å². The van der Waals surface area contributed by atoms with Gasteiger partial charge in [-0.2, -0.15) is 0 Å². The molecule has 1 aliphatic carbocycles. The summed E-state index contributed by atoms with van der Waals surface area (Å²) in [6.45, 7) is 10.5. The van der Waals surface area contributed by atoms with Gasteiger partial charge >= 0.3 is 0 Å². The van der Waals surface area contributed by atoms with Gasteiger partial charge < -0.3 is 5.32 Å². The minimum atomic E-state index is -0.220. The maximum absolute atomic E-state index is 13.3. The molecule has 30 heavy (non-hydrogen) atoms. The molecule has 1 aromatic carbocycles. The minimum Gasteiger partial charge on any atom is -0.325 e. The maximum Gasteiger partial charge on any atom is 0.263 e. The molecule has 2 heterocycles. The third-order valence-corrected chi connectivity index (χ3v) is 7.09. The van der Waals surface area contributed by atoms with Gasteiger partial charge in [-0.25, -0.2) is 4.98 Å². The molecule has 1 amide bonds. The van der Waals surface area contributed by atoms with Gasteiger partial charge in [0.25, 0.3) is 5.56 Å². The molecule has 0 aliphatic heterocycles. The van der Waals surface area contributed by atoms with E-state index >= 15 is 0 Å². The molecule has 0 saturated carbocycles. The SMILES string of the molecule is Cc1nc2sc3c(c2c(=O)n1CC(=O)Nc1ccc(C(C)(C)C)cc1)CCC(C)C3. The third-order valence-electron chi connectivity index (χ3n) is 5.94. The average Bonchev–Trinajstić information content (AvgIpc) is 3.01. The lowest BCUT2D eigenvalue weighted by Gasteiger charge is -2.19. The number of nitrogens with zero attached hydrogens (tertiary/aromatic N) is 2. The predicted molar refractivity (Wildman–Crippen MR) is 124 cm³/mol. The molecule has 0 spiro atoms. The third kappa shape index (κ3) is 3.93. The molecule has 2 aromatic heterocycles. The molecule has 1 aliphatic rings. The Balaban J connectivity index is 1.59. The fourth-order valence-electron chi connectivity index (χ4n) is 4.11. The number of hydrogen-bond donors (Lipinski definition) is 1. The second-order valence-corrected chi connectivity index (χ2v) is 10.5. The molecular weight excluding hydrogens is 394 g/mol. The lowest BCUT2D eigenvalue weighted by atomic mass is 9.87. The van der Waals surface area contributed by atoms with Crippen molar-refractivity contribution in [1.82, 2.24) is 9.55 Å². The number of nitrogens with one attached hydrogen (secondary N) is 1. The normalized spacial score (nSPS) is 16.5.